The maximum Gasteiger partial charge on any atom is 0.338 e. The van der Waals surface area contributed by atoms with Crippen molar-refractivity contribution in [3.8, 4) is 0 Å². The fraction of sp³-hybridized carbons (Fsp3) is 0.400. The van der Waals surface area contributed by atoms with Crippen LogP contribution in [-0.2, 0) is 11.8 Å². The molecule has 3 heterocycles. The number of anilines is 2. The number of piperazine rings is 1. The molecule has 2 amide bonds. The molecule has 1 N–H and O–H groups in total. The van der Waals surface area contributed by atoms with Crippen molar-refractivity contribution in [3.05, 3.63) is 29.4 Å². The van der Waals surface area contributed by atoms with Crippen molar-refractivity contribution >= 4 is 34.0 Å². The lowest BCUT2D eigenvalue weighted by atomic mass is 10.3. The molecule has 1 aliphatic rings. The van der Waals surface area contributed by atoms with Crippen LogP contribution in [0.1, 0.15) is 10.4 Å². The molecule has 0 radical (unpaired) electrons. The Labute approximate surface area is 143 Å². The summed E-state index contributed by atoms with van der Waals surface area (Å²) in [6.45, 7) is 2.79. The van der Waals surface area contributed by atoms with E-state index < -0.39 is 5.97 Å². The molecule has 3 rings (SSSR count). The van der Waals surface area contributed by atoms with Crippen LogP contribution in [0.5, 0.6) is 0 Å². The van der Waals surface area contributed by atoms with E-state index in [0.717, 1.165) is 18.8 Å². The highest BCUT2D eigenvalue weighted by molar-refractivity contribution is 7.14. The van der Waals surface area contributed by atoms with Gasteiger partial charge in [0.15, 0.2) is 0 Å². The van der Waals surface area contributed by atoms with E-state index in [1.165, 1.54) is 18.4 Å². The average Bonchev–Trinajstić information content (AvgIpc) is 3.23. The zero-order valence-corrected chi connectivity index (χ0v) is 14.4. The molecular weight excluding hydrogens is 330 g/mol. The first-order valence-corrected chi connectivity index (χ1v) is 8.41. The van der Waals surface area contributed by atoms with Gasteiger partial charge in [-0.1, -0.05) is 0 Å². The number of hydrogen-bond acceptors (Lipinski definition) is 6. The average molecular weight is 349 g/mol. The summed E-state index contributed by atoms with van der Waals surface area (Å²) in [5.41, 5.74) is 1.51. The summed E-state index contributed by atoms with van der Waals surface area (Å²) in [5, 5.41) is 9.31. The third-order valence-corrected chi connectivity index (χ3v) is 4.72. The van der Waals surface area contributed by atoms with Gasteiger partial charge in [0.25, 0.3) is 0 Å². The lowest BCUT2D eigenvalue weighted by Crippen LogP contribution is -2.50. The monoisotopic (exact) mass is 349 g/mol. The molecule has 128 valence electrons. The Morgan fingerprint density at radius 1 is 1.29 bits per heavy atom. The van der Waals surface area contributed by atoms with Gasteiger partial charge in [0.1, 0.15) is 0 Å². The molecular formula is C15H19N5O3S. The molecule has 1 saturated heterocycles. The molecule has 0 atom stereocenters. The molecule has 1 fully saturated rings. The Morgan fingerprint density at radius 3 is 2.67 bits per heavy atom. The highest BCUT2D eigenvalue weighted by Gasteiger charge is 2.22. The first-order valence-electron chi connectivity index (χ1n) is 7.53. The summed E-state index contributed by atoms with van der Waals surface area (Å²) in [5.74, 6) is -0.406. The van der Waals surface area contributed by atoms with E-state index in [4.69, 9.17) is 0 Å². The van der Waals surface area contributed by atoms with Crippen LogP contribution in [0.15, 0.2) is 23.8 Å². The smallest absolute Gasteiger partial charge is 0.338 e. The van der Waals surface area contributed by atoms with Gasteiger partial charge in [-0.15, -0.1) is 11.3 Å². The number of aryl methyl sites for hydroxylation is 1. The van der Waals surface area contributed by atoms with Gasteiger partial charge in [-0.05, 0) is 6.07 Å². The number of hydrogen-bond donors (Lipinski definition) is 1. The van der Waals surface area contributed by atoms with E-state index in [1.807, 2.05) is 19.4 Å². The van der Waals surface area contributed by atoms with Crippen LogP contribution in [0.25, 0.3) is 0 Å². The number of thiophene rings is 1. The van der Waals surface area contributed by atoms with Gasteiger partial charge in [0, 0.05) is 44.8 Å². The van der Waals surface area contributed by atoms with Crippen molar-refractivity contribution in [2.45, 2.75) is 0 Å². The molecule has 0 unspecified atom stereocenters. The Morgan fingerprint density at radius 2 is 2.04 bits per heavy atom. The van der Waals surface area contributed by atoms with Crippen LogP contribution < -0.4 is 10.2 Å². The predicted octanol–water partition coefficient (Wildman–Crippen LogP) is 1.62. The number of methoxy groups -OCH3 is 1. The van der Waals surface area contributed by atoms with Crippen LogP contribution >= 0.6 is 11.3 Å². The fourth-order valence-electron chi connectivity index (χ4n) is 2.55. The lowest BCUT2D eigenvalue weighted by molar-refractivity contribution is 0.0601. The van der Waals surface area contributed by atoms with Crippen LogP contribution in [0.2, 0.25) is 0 Å². The largest absolute Gasteiger partial charge is 0.465 e. The van der Waals surface area contributed by atoms with Crippen LogP contribution in [0.4, 0.5) is 15.5 Å². The standard InChI is InChI=1S/C15H19N5O3S/c1-18-9-12(8-16-18)19-3-5-20(6-4-19)15(22)17-13-7-11(10-24-13)14(21)23-2/h7-10H,3-6H2,1-2H3,(H,17,22). The minimum Gasteiger partial charge on any atom is -0.465 e. The molecule has 24 heavy (non-hydrogen) atoms. The van der Waals surface area contributed by atoms with Crippen LogP contribution in [0.3, 0.4) is 0 Å². The molecule has 0 bridgehead atoms. The van der Waals surface area contributed by atoms with Gasteiger partial charge >= 0.3 is 12.0 Å². The molecule has 1 aliphatic heterocycles. The predicted molar refractivity (Wildman–Crippen MR) is 91.7 cm³/mol. The Bertz CT molecular complexity index is 733. The summed E-state index contributed by atoms with van der Waals surface area (Å²) in [6.07, 6.45) is 3.80. The summed E-state index contributed by atoms with van der Waals surface area (Å²) in [4.78, 5) is 27.7. The third-order valence-electron chi connectivity index (χ3n) is 3.87. The molecule has 0 saturated carbocycles. The van der Waals surface area contributed by atoms with Crippen molar-refractivity contribution < 1.29 is 14.3 Å². The second-order valence-electron chi connectivity index (χ2n) is 5.47. The zero-order valence-electron chi connectivity index (χ0n) is 13.6. The van der Waals surface area contributed by atoms with Crippen molar-refractivity contribution in [1.82, 2.24) is 14.7 Å². The van der Waals surface area contributed by atoms with Gasteiger partial charge in [-0.3, -0.25) is 10.00 Å². The SMILES string of the molecule is COC(=O)c1csc(NC(=O)N2CCN(c3cnn(C)c3)CC2)c1. The number of amides is 2. The van der Waals surface area contributed by atoms with E-state index in [-0.39, 0.29) is 6.03 Å². The summed E-state index contributed by atoms with van der Waals surface area (Å²) in [7, 11) is 3.22. The maximum atomic E-state index is 12.3. The number of nitrogens with one attached hydrogen (secondary N) is 1. The number of rotatable bonds is 3. The normalized spacial score (nSPS) is 14.6. The summed E-state index contributed by atoms with van der Waals surface area (Å²) < 4.78 is 6.43. The molecule has 2 aromatic heterocycles. The van der Waals surface area contributed by atoms with Crippen LogP contribution in [-0.4, -0.2) is 60.0 Å². The van der Waals surface area contributed by atoms with Gasteiger partial charge in [-0.25, -0.2) is 9.59 Å². The number of ether oxygens (including phenoxy) is 1. The molecule has 8 nitrogen and oxygen atoms in total. The number of aromatic nitrogens is 2. The zero-order chi connectivity index (χ0) is 17.1. The molecule has 9 heteroatoms. The second-order valence-corrected chi connectivity index (χ2v) is 6.38. The van der Waals surface area contributed by atoms with Crippen LogP contribution in [0, 0.1) is 0 Å². The van der Waals surface area contributed by atoms with Gasteiger partial charge in [0.2, 0.25) is 0 Å². The van der Waals surface area contributed by atoms with Crippen molar-refractivity contribution in [3.63, 3.8) is 0 Å². The Balaban J connectivity index is 1.53. The minimum atomic E-state index is -0.406. The minimum absolute atomic E-state index is 0.154. The molecule has 0 aliphatic carbocycles. The van der Waals surface area contributed by atoms with E-state index in [1.54, 1.807) is 21.0 Å². The number of urea groups is 1. The number of carbonyl (C=O) groups is 2. The highest BCUT2D eigenvalue weighted by Crippen LogP contribution is 2.22. The molecule has 2 aromatic rings. The van der Waals surface area contributed by atoms with E-state index in [0.29, 0.717) is 23.7 Å². The summed E-state index contributed by atoms with van der Waals surface area (Å²) >= 11 is 1.30. The molecule has 0 spiro atoms. The molecule has 0 aromatic carbocycles. The fourth-order valence-corrected chi connectivity index (χ4v) is 3.31. The van der Waals surface area contributed by atoms with E-state index >= 15 is 0 Å². The quantitative estimate of drug-likeness (QED) is 0.852. The highest BCUT2D eigenvalue weighted by atomic mass is 32.1. The number of carbonyl (C=O) groups excluding carboxylic acids is 2. The number of esters is 1. The third kappa shape index (κ3) is 3.51. The van der Waals surface area contributed by atoms with Gasteiger partial charge in [0.05, 0.1) is 29.6 Å². The number of nitrogens with zero attached hydrogens (tertiary/aromatic N) is 4. The summed E-state index contributed by atoms with van der Waals surface area (Å²) in [6, 6.07) is 1.47. The lowest BCUT2D eigenvalue weighted by Gasteiger charge is -2.35. The van der Waals surface area contributed by atoms with Crippen molar-refractivity contribution in [2.75, 3.05) is 43.5 Å². The van der Waals surface area contributed by atoms with Gasteiger partial charge < -0.3 is 14.5 Å². The maximum absolute atomic E-state index is 12.3. The van der Waals surface area contributed by atoms with E-state index in [9.17, 15) is 9.59 Å². The van der Waals surface area contributed by atoms with Gasteiger partial charge in [-0.2, -0.15) is 5.10 Å². The topological polar surface area (TPSA) is 79.7 Å². The van der Waals surface area contributed by atoms with Crippen molar-refractivity contribution in [1.29, 1.82) is 0 Å². The Hall–Kier alpha value is -2.55. The second kappa shape index (κ2) is 6.91. The van der Waals surface area contributed by atoms with E-state index in [2.05, 4.69) is 20.1 Å². The first kappa shape index (κ1) is 16.3. The first-order chi connectivity index (χ1) is 11.6. The van der Waals surface area contributed by atoms with Crippen molar-refractivity contribution in [2.24, 2.45) is 7.05 Å². The Kier molecular flexibility index (Phi) is 4.70.